The van der Waals surface area contributed by atoms with Crippen molar-refractivity contribution in [1.82, 2.24) is 14.9 Å². The zero-order valence-electron chi connectivity index (χ0n) is 16.9. The molecule has 150 valence electrons. The molecule has 1 saturated heterocycles. The van der Waals surface area contributed by atoms with Crippen molar-refractivity contribution in [1.29, 1.82) is 0 Å². The number of anilines is 1. The summed E-state index contributed by atoms with van der Waals surface area (Å²) in [5, 5.41) is 0. The number of amides is 1. The van der Waals surface area contributed by atoms with Crippen LogP contribution in [0.4, 0.5) is 5.82 Å². The van der Waals surface area contributed by atoms with Crippen molar-refractivity contribution in [2.24, 2.45) is 0 Å². The first-order valence-corrected chi connectivity index (χ1v) is 10.1. The van der Waals surface area contributed by atoms with E-state index in [-0.39, 0.29) is 12.0 Å². The van der Waals surface area contributed by atoms with E-state index in [0.717, 1.165) is 38.6 Å². The lowest BCUT2D eigenvalue weighted by Crippen LogP contribution is -2.44. The van der Waals surface area contributed by atoms with Crippen LogP contribution in [0.5, 0.6) is 5.88 Å². The highest BCUT2D eigenvalue weighted by atomic mass is 16.5. The fraction of sp³-hybridized carbons (Fsp3) is 0.500. The number of piperidine rings is 1. The van der Waals surface area contributed by atoms with Crippen LogP contribution < -0.4 is 9.64 Å². The second-order valence-electron chi connectivity index (χ2n) is 7.49. The maximum Gasteiger partial charge on any atom is 0.257 e. The SMILES string of the molecule is CN(C)c1nccnc1OC1CCCN(C(=O)CCCCc2ccccc2)C1. The van der Waals surface area contributed by atoms with Gasteiger partial charge in [-0.05, 0) is 37.7 Å². The van der Waals surface area contributed by atoms with Gasteiger partial charge in [0.05, 0.1) is 6.54 Å². The standard InChI is InChI=1S/C22H30N4O2/c1-25(2)21-22(24-15-14-23-21)28-19-12-8-16-26(17-19)20(27)13-7-6-11-18-9-4-3-5-10-18/h3-5,9-10,14-15,19H,6-8,11-13,16-17H2,1-2H3. The molecule has 6 nitrogen and oxygen atoms in total. The first kappa shape index (κ1) is 20.1. The Morgan fingerprint density at radius 2 is 1.96 bits per heavy atom. The zero-order valence-corrected chi connectivity index (χ0v) is 16.9. The van der Waals surface area contributed by atoms with E-state index in [0.29, 0.717) is 24.7 Å². The predicted molar refractivity (Wildman–Crippen MR) is 111 cm³/mol. The number of hydrogen-bond acceptors (Lipinski definition) is 5. The van der Waals surface area contributed by atoms with Crippen molar-refractivity contribution in [3.05, 3.63) is 48.3 Å². The summed E-state index contributed by atoms with van der Waals surface area (Å²) in [4.78, 5) is 25.1. The monoisotopic (exact) mass is 382 g/mol. The molecule has 1 aliphatic rings. The van der Waals surface area contributed by atoms with Gasteiger partial charge in [-0.25, -0.2) is 9.97 Å². The predicted octanol–water partition coefficient (Wildman–Crippen LogP) is 3.33. The number of likely N-dealkylation sites (tertiary alicyclic amines) is 1. The quantitative estimate of drug-likeness (QED) is 0.656. The van der Waals surface area contributed by atoms with Crippen LogP contribution in [-0.4, -0.2) is 54.1 Å². The number of nitrogens with zero attached hydrogens (tertiary/aromatic N) is 4. The number of aryl methyl sites for hydroxylation is 1. The van der Waals surface area contributed by atoms with Crippen molar-refractivity contribution in [2.75, 3.05) is 32.1 Å². The van der Waals surface area contributed by atoms with Crippen molar-refractivity contribution < 1.29 is 9.53 Å². The van der Waals surface area contributed by atoms with Gasteiger partial charge in [0.1, 0.15) is 6.10 Å². The van der Waals surface area contributed by atoms with E-state index in [4.69, 9.17) is 4.74 Å². The van der Waals surface area contributed by atoms with E-state index in [9.17, 15) is 4.79 Å². The highest BCUT2D eigenvalue weighted by molar-refractivity contribution is 5.76. The number of unbranched alkanes of at least 4 members (excludes halogenated alkanes) is 1. The van der Waals surface area contributed by atoms with Crippen LogP contribution in [0.1, 0.15) is 37.7 Å². The molecule has 1 aromatic carbocycles. The Hall–Kier alpha value is -2.63. The number of hydrogen-bond donors (Lipinski definition) is 0. The molecule has 0 spiro atoms. The van der Waals surface area contributed by atoms with Gasteiger partial charge in [0, 0.05) is 39.5 Å². The minimum Gasteiger partial charge on any atom is -0.470 e. The lowest BCUT2D eigenvalue weighted by molar-refractivity contribution is -0.134. The minimum atomic E-state index is -0.0302. The third kappa shape index (κ3) is 5.68. The Morgan fingerprint density at radius 3 is 2.75 bits per heavy atom. The third-order valence-corrected chi connectivity index (χ3v) is 5.03. The molecule has 2 aromatic rings. The van der Waals surface area contributed by atoms with Crippen LogP contribution in [0.3, 0.4) is 0 Å². The second-order valence-corrected chi connectivity index (χ2v) is 7.49. The summed E-state index contributed by atoms with van der Waals surface area (Å²) in [7, 11) is 3.84. The summed E-state index contributed by atoms with van der Waals surface area (Å²) in [6.07, 6.45) is 8.75. The molecular weight excluding hydrogens is 352 g/mol. The van der Waals surface area contributed by atoms with E-state index in [2.05, 4.69) is 34.2 Å². The molecule has 28 heavy (non-hydrogen) atoms. The highest BCUT2D eigenvalue weighted by Gasteiger charge is 2.26. The summed E-state index contributed by atoms with van der Waals surface area (Å²) in [6, 6.07) is 10.4. The van der Waals surface area contributed by atoms with Gasteiger partial charge in [-0.15, -0.1) is 0 Å². The minimum absolute atomic E-state index is 0.0302. The van der Waals surface area contributed by atoms with Crippen molar-refractivity contribution in [3.8, 4) is 5.88 Å². The van der Waals surface area contributed by atoms with E-state index in [1.54, 1.807) is 12.4 Å². The number of carbonyl (C=O) groups is 1. The first-order chi connectivity index (χ1) is 13.6. The summed E-state index contributed by atoms with van der Waals surface area (Å²) >= 11 is 0. The number of carbonyl (C=O) groups excluding carboxylic acids is 1. The normalized spacial score (nSPS) is 16.6. The molecule has 6 heteroatoms. The number of ether oxygens (including phenoxy) is 1. The van der Waals surface area contributed by atoms with Gasteiger partial charge in [-0.3, -0.25) is 4.79 Å². The van der Waals surface area contributed by atoms with Crippen molar-refractivity contribution >= 4 is 11.7 Å². The Morgan fingerprint density at radius 1 is 1.18 bits per heavy atom. The lowest BCUT2D eigenvalue weighted by atomic mass is 10.1. The number of benzene rings is 1. The van der Waals surface area contributed by atoms with Crippen LogP contribution >= 0.6 is 0 Å². The van der Waals surface area contributed by atoms with E-state index >= 15 is 0 Å². The van der Waals surface area contributed by atoms with Gasteiger partial charge in [-0.1, -0.05) is 30.3 Å². The van der Waals surface area contributed by atoms with E-state index < -0.39 is 0 Å². The molecule has 0 N–H and O–H groups in total. The topological polar surface area (TPSA) is 58.6 Å². The zero-order chi connectivity index (χ0) is 19.8. The number of aromatic nitrogens is 2. The average molecular weight is 383 g/mol. The van der Waals surface area contributed by atoms with Gasteiger partial charge >= 0.3 is 0 Å². The molecule has 0 aliphatic carbocycles. The molecule has 1 fully saturated rings. The Labute approximate surface area is 167 Å². The van der Waals surface area contributed by atoms with Crippen molar-refractivity contribution in [3.63, 3.8) is 0 Å². The summed E-state index contributed by atoms with van der Waals surface area (Å²) in [6.45, 7) is 1.44. The van der Waals surface area contributed by atoms with Gasteiger partial charge in [0.15, 0.2) is 5.82 Å². The summed E-state index contributed by atoms with van der Waals surface area (Å²) in [5.74, 6) is 1.48. The van der Waals surface area contributed by atoms with E-state index in [1.165, 1.54) is 5.56 Å². The molecule has 0 radical (unpaired) electrons. The third-order valence-electron chi connectivity index (χ3n) is 5.03. The Balaban J connectivity index is 1.46. The molecule has 3 rings (SSSR count). The average Bonchev–Trinajstić information content (AvgIpc) is 2.72. The number of rotatable bonds is 8. The summed E-state index contributed by atoms with van der Waals surface area (Å²) < 4.78 is 6.10. The Kier molecular flexibility index (Phi) is 7.23. The largest absolute Gasteiger partial charge is 0.470 e. The van der Waals surface area contributed by atoms with Gasteiger partial charge < -0.3 is 14.5 Å². The Bertz CT molecular complexity index is 751. The maximum atomic E-state index is 12.6. The molecule has 2 heterocycles. The van der Waals surface area contributed by atoms with Crippen LogP contribution in [0.2, 0.25) is 0 Å². The molecule has 1 aliphatic heterocycles. The van der Waals surface area contributed by atoms with Crippen LogP contribution in [-0.2, 0) is 11.2 Å². The molecule has 1 amide bonds. The maximum absolute atomic E-state index is 12.6. The van der Waals surface area contributed by atoms with Gasteiger partial charge in [-0.2, -0.15) is 0 Å². The smallest absolute Gasteiger partial charge is 0.257 e. The van der Waals surface area contributed by atoms with Crippen LogP contribution in [0, 0.1) is 0 Å². The molecule has 1 unspecified atom stereocenters. The van der Waals surface area contributed by atoms with Gasteiger partial charge in [0.25, 0.3) is 5.88 Å². The fourth-order valence-electron chi connectivity index (χ4n) is 3.53. The lowest BCUT2D eigenvalue weighted by Gasteiger charge is -2.33. The molecule has 1 aromatic heterocycles. The van der Waals surface area contributed by atoms with Crippen molar-refractivity contribution in [2.45, 2.75) is 44.6 Å². The molecule has 0 saturated carbocycles. The van der Waals surface area contributed by atoms with E-state index in [1.807, 2.05) is 30.0 Å². The second kappa shape index (κ2) is 10.1. The first-order valence-electron chi connectivity index (χ1n) is 10.1. The molecular formula is C22H30N4O2. The van der Waals surface area contributed by atoms with Crippen LogP contribution in [0.15, 0.2) is 42.7 Å². The van der Waals surface area contributed by atoms with Gasteiger partial charge in [0.2, 0.25) is 5.91 Å². The molecule has 1 atom stereocenters. The highest BCUT2D eigenvalue weighted by Crippen LogP contribution is 2.24. The summed E-state index contributed by atoms with van der Waals surface area (Å²) in [5.41, 5.74) is 1.34. The van der Waals surface area contributed by atoms with Crippen LogP contribution in [0.25, 0.3) is 0 Å². The molecule has 0 bridgehead atoms. The fourth-order valence-corrected chi connectivity index (χ4v) is 3.53.